The molecule has 2 nitrogen and oxygen atoms in total. The molecule has 4 saturated carbocycles. The molecule has 1 N–H and O–H groups in total. The highest BCUT2D eigenvalue weighted by molar-refractivity contribution is 5.47. The van der Waals surface area contributed by atoms with Gasteiger partial charge in [-0.05, 0) is 86.0 Å². The average Bonchev–Trinajstić information content (AvgIpc) is 2.44. The van der Waals surface area contributed by atoms with Crippen molar-refractivity contribution in [1.29, 1.82) is 5.26 Å². The van der Waals surface area contributed by atoms with Gasteiger partial charge in [0.25, 0.3) is 0 Å². The van der Waals surface area contributed by atoms with E-state index >= 15 is 0 Å². The number of nitriles is 1. The average molecular weight is 266 g/mol. The van der Waals surface area contributed by atoms with Crippen LogP contribution in [0.2, 0.25) is 0 Å². The molecule has 0 aliphatic heterocycles. The molecule has 1 aromatic rings. The van der Waals surface area contributed by atoms with Gasteiger partial charge in [0.1, 0.15) is 0 Å². The molecule has 20 heavy (non-hydrogen) atoms. The Morgan fingerprint density at radius 1 is 1.00 bits per heavy atom. The van der Waals surface area contributed by atoms with Crippen LogP contribution in [0.15, 0.2) is 24.3 Å². The summed E-state index contributed by atoms with van der Waals surface area (Å²) in [4.78, 5) is 0. The van der Waals surface area contributed by atoms with Gasteiger partial charge in [-0.3, -0.25) is 0 Å². The zero-order valence-corrected chi connectivity index (χ0v) is 11.9. The highest BCUT2D eigenvalue weighted by Gasteiger charge is 2.50. The fourth-order valence-corrected chi connectivity index (χ4v) is 5.46. The first kappa shape index (κ1) is 12.3. The summed E-state index contributed by atoms with van der Waals surface area (Å²) >= 11 is 0. The minimum atomic E-state index is 0.572. The van der Waals surface area contributed by atoms with Gasteiger partial charge in [0.2, 0.25) is 0 Å². The molecular formula is C18H22N2. The van der Waals surface area contributed by atoms with Gasteiger partial charge in [0, 0.05) is 12.2 Å². The predicted molar refractivity (Wildman–Crippen MR) is 80.3 cm³/mol. The molecule has 0 heterocycles. The largest absolute Gasteiger partial charge is 0.384 e. The predicted octanol–water partition coefficient (Wildman–Crippen LogP) is 4.19. The van der Waals surface area contributed by atoms with Gasteiger partial charge in [0.15, 0.2) is 0 Å². The quantitative estimate of drug-likeness (QED) is 0.890. The summed E-state index contributed by atoms with van der Waals surface area (Å²) < 4.78 is 0. The summed E-state index contributed by atoms with van der Waals surface area (Å²) in [5.74, 6) is 3.05. The lowest BCUT2D eigenvalue weighted by Crippen LogP contribution is -2.49. The van der Waals surface area contributed by atoms with Crippen molar-refractivity contribution in [2.24, 2.45) is 23.2 Å². The molecule has 0 aromatic heterocycles. The van der Waals surface area contributed by atoms with E-state index in [9.17, 15) is 0 Å². The first-order valence-electron chi connectivity index (χ1n) is 7.99. The van der Waals surface area contributed by atoms with Crippen molar-refractivity contribution in [3.8, 4) is 6.07 Å². The Balaban J connectivity index is 1.45. The third kappa shape index (κ3) is 2.10. The number of rotatable bonds is 3. The maximum Gasteiger partial charge on any atom is 0.0991 e. The summed E-state index contributed by atoms with van der Waals surface area (Å²) in [6.45, 7) is 1.13. The molecule has 0 amide bonds. The van der Waals surface area contributed by atoms with Crippen LogP contribution < -0.4 is 5.32 Å². The lowest BCUT2D eigenvalue weighted by molar-refractivity contribution is -0.0444. The van der Waals surface area contributed by atoms with Crippen molar-refractivity contribution in [1.82, 2.24) is 0 Å². The Labute approximate surface area is 121 Å². The summed E-state index contributed by atoms with van der Waals surface area (Å²) in [6, 6.07) is 10.1. The number of nitrogens with zero attached hydrogens (tertiary/aromatic N) is 1. The Kier molecular flexibility index (Phi) is 2.77. The highest BCUT2D eigenvalue weighted by atomic mass is 14.9. The molecule has 4 aliphatic carbocycles. The van der Waals surface area contributed by atoms with Crippen LogP contribution in [0.25, 0.3) is 0 Å². The molecule has 0 atom stereocenters. The second-order valence-corrected chi connectivity index (χ2v) is 7.46. The zero-order valence-electron chi connectivity index (χ0n) is 11.9. The van der Waals surface area contributed by atoms with Crippen LogP contribution in [0.5, 0.6) is 0 Å². The Morgan fingerprint density at radius 2 is 1.55 bits per heavy atom. The van der Waals surface area contributed by atoms with Crippen molar-refractivity contribution < 1.29 is 0 Å². The van der Waals surface area contributed by atoms with Crippen molar-refractivity contribution in [2.75, 3.05) is 11.9 Å². The molecular weight excluding hydrogens is 244 g/mol. The molecule has 0 radical (unpaired) electrons. The van der Waals surface area contributed by atoms with E-state index in [1.165, 1.54) is 44.2 Å². The third-order valence-corrected chi connectivity index (χ3v) is 5.85. The smallest absolute Gasteiger partial charge is 0.0991 e. The molecule has 2 heteroatoms. The molecule has 0 unspecified atom stereocenters. The van der Waals surface area contributed by atoms with Crippen LogP contribution in [-0.4, -0.2) is 6.54 Å². The van der Waals surface area contributed by atoms with Crippen LogP contribution in [0.3, 0.4) is 0 Å². The van der Waals surface area contributed by atoms with E-state index < -0.39 is 0 Å². The molecule has 5 rings (SSSR count). The van der Waals surface area contributed by atoms with E-state index in [0.717, 1.165) is 29.9 Å². The SMILES string of the molecule is N#Cc1ccc(NCC23CC4CC(CC(C4)C2)C3)cc1. The van der Waals surface area contributed by atoms with E-state index in [4.69, 9.17) is 5.26 Å². The molecule has 1 aromatic carbocycles. The van der Waals surface area contributed by atoms with Crippen molar-refractivity contribution in [3.63, 3.8) is 0 Å². The first-order valence-corrected chi connectivity index (χ1v) is 7.99. The van der Waals surface area contributed by atoms with Gasteiger partial charge < -0.3 is 5.32 Å². The first-order chi connectivity index (χ1) is 9.75. The lowest BCUT2D eigenvalue weighted by atomic mass is 9.49. The lowest BCUT2D eigenvalue weighted by Gasteiger charge is -2.57. The Morgan fingerprint density at radius 3 is 2.05 bits per heavy atom. The van der Waals surface area contributed by atoms with Crippen molar-refractivity contribution >= 4 is 5.69 Å². The molecule has 0 saturated heterocycles. The van der Waals surface area contributed by atoms with E-state index in [-0.39, 0.29) is 0 Å². The van der Waals surface area contributed by atoms with Gasteiger partial charge in [-0.1, -0.05) is 0 Å². The number of anilines is 1. The Bertz CT molecular complexity index is 502. The van der Waals surface area contributed by atoms with Gasteiger partial charge in [0.05, 0.1) is 11.6 Å². The number of nitrogens with one attached hydrogen (secondary N) is 1. The van der Waals surface area contributed by atoms with Crippen LogP contribution in [0.1, 0.15) is 44.1 Å². The van der Waals surface area contributed by atoms with Crippen LogP contribution in [-0.2, 0) is 0 Å². The molecule has 4 fully saturated rings. The van der Waals surface area contributed by atoms with Gasteiger partial charge >= 0.3 is 0 Å². The summed E-state index contributed by atoms with van der Waals surface area (Å²) in [7, 11) is 0. The second kappa shape index (κ2) is 4.52. The fraction of sp³-hybridized carbons (Fsp3) is 0.611. The molecule has 0 spiro atoms. The van der Waals surface area contributed by atoms with Crippen molar-refractivity contribution in [2.45, 2.75) is 38.5 Å². The summed E-state index contributed by atoms with van der Waals surface area (Å²) in [5, 5.41) is 12.5. The zero-order chi connectivity index (χ0) is 13.6. The number of hydrogen-bond donors (Lipinski definition) is 1. The van der Waals surface area contributed by atoms with E-state index in [2.05, 4.69) is 11.4 Å². The monoisotopic (exact) mass is 266 g/mol. The van der Waals surface area contributed by atoms with Crippen LogP contribution >= 0.6 is 0 Å². The molecule has 4 bridgehead atoms. The van der Waals surface area contributed by atoms with E-state index in [1.54, 1.807) is 0 Å². The highest BCUT2D eigenvalue weighted by Crippen LogP contribution is 2.59. The van der Waals surface area contributed by atoms with Crippen molar-refractivity contribution in [3.05, 3.63) is 29.8 Å². The Hall–Kier alpha value is -1.49. The topological polar surface area (TPSA) is 35.8 Å². The van der Waals surface area contributed by atoms with Crippen LogP contribution in [0, 0.1) is 34.5 Å². The van der Waals surface area contributed by atoms with Gasteiger partial charge in [-0.25, -0.2) is 0 Å². The maximum absolute atomic E-state index is 8.84. The fourth-order valence-electron chi connectivity index (χ4n) is 5.46. The summed E-state index contributed by atoms with van der Waals surface area (Å²) in [6.07, 6.45) is 8.87. The third-order valence-electron chi connectivity index (χ3n) is 5.85. The molecule has 104 valence electrons. The minimum absolute atomic E-state index is 0.572. The normalized spacial score (nSPS) is 37.6. The second-order valence-electron chi connectivity index (χ2n) is 7.46. The van der Waals surface area contributed by atoms with Crippen LogP contribution in [0.4, 0.5) is 5.69 Å². The molecule has 4 aliphatic rings. The van der Waals surface area contributed by atoms with E-state index in [0.29, 0.717) is 5.41 Å². The van der Waals surface area contributed by atoms with E-state index in [1.807, 2.05) is 24.3 Å². The standard InChI is InChI=1S/C18H22N2/c19-11-13-1-3-17(4-2-13)20-12-18-8-14-5-15(9-18)7-16(6-14)10-18/h1-4,14-16,20H,5-10,12H2. The minimum Gasteiger partial charge on any atom is -0.384 e. The summed E-state index contributed by atoms with van der Waals surface area (Å²) in [5.41, 5.74) is 2.48. The number of hydrogen-bond acceptors (Lipinski definition) is 2. The van der Waals surface area contributed by atoms with Gasteiger partial charge in [-0.2, -0.15) is 5.26 Å². The maximum atomic E-state index is 8.84. The number of benzene rings is 1. The van der Waals surface area contributed by atoms with Gasteiger partial charge in [-0.15, -0.1) is 0 Å².